The summed E-state index contributed by atoms with van der Waals surface area (Å²) in [5.74, 6) is -1.04. The molecule has 4 rings (SSSR count). The van der Waals surface area contributed by atoms with Crippen LogP contribution in [-0.2, 0) is 22.2 Å². The summed E-state index contributed by atoms with van der Waals surface area (Å²) in [6.45, 7) is 1.19. The van der Waals surface area contributed by atoms with Crippen molar-refractivity contribution >= 4 is 41.0 Å². The van der Waals surface area contributed by atoms with Crippen molar-refractivity contribution in [2.45, 2.75) is 19.6 Å². The molecule has 9 nitrogen and oxygen atoms in total. The molecule has 3 aromatic rings. The highest BCUT2D eigenvalue weighted by molar-refractivity contribution is 6.34. The van der Waals surface area contributed by atoms with E-state index in [0.717, 1.165) is 22.9 Å². The quantitative estimate of drug-likeness (QED) is 0.404. The van der Waals surface area contributed by atoms with Gasteiger partial charge in [0.1, 0.15) is 12.2 Å². The normalized spacial score (nSPS) is 13.5. The largest absolute Gasteiger partial charge is 0.462 e. The van der Waals surface area contributed by atoms with Gasteiger partial charge in [-0.05, 0) is 36.8 Å². The van der Waals surface area contributed by atoms with Gasteiger partial charge in [-0.15, -0.1) is 0 Å². The standard InChI is InChI=1S/C24H18Cl2F3N3O6/c1-2-37-21(34)15-12-31(14-6-7-18(17(25)10-14)30-8-9-38-23(30)36)22(35)32(20(15)33)11-13-4-3-5-16(19(13)26)24(27,28)29/h3-7,10,12H,2,8-9,11H2,1H3. The third-order valence-corrected chi connectivity index (χ3v) is 6.39. The molecule has 1 aliphatic heterocycles. The van der Waals surface area contributed by atoms with Gasteiger partial charge in [0.15, 0.2) is 0 Å². The molecule has 1 fully saturated rings. The number of carbonyl (C=O) groups is 2. The minimum Gasteiger partial charge on any atom is -0.462 e. The second-order valence-electron chi connectivity index (χ2n) is 7.99. The molecular formula is C24H18Cl2F3N3O6. The van der Waals surface area contributed by atoms with E-state index in [2.05, 4.69) is 0 Å². The minimum atomic E-state index is -4.77. The number of hydrogen-bond acceptors (Lipinski definition) is 6. The van der Waals surface area contributed by atoms with Crippen molar-refractivity contribution in [3.63, 3.8) is 0 Å². The molecule has 0 bridgehead atoms. The second kappa shape index (κ2) is 10.5. The number of halogens is 5. The number of hydrogen-bond donors (Lipinski definition) is 0. The Bertz CT molecular complexity index is 1550. The van der Waals surface area contributed by atoms with E-state index in [9.17, 15) is 32.3 Å². The fraction of sp³-hybridized carbons (Fsp3) is 0.250. The van der Waals surface area contributed by atoms with Gasteiger partial charge in [0, 0.05) is 6.20 Å². The molecule has 1 saturated heterocycles. The van der Waals surface area contributed by atoms with Crippen LogP contribution in [0.25, 0.3) is 5.69 Å². The number of aromatic nitrogens is 2. The number of esters is 1. The molecule has 0 N–H and O–H groups in total. The van der Waals surface area contributed by atoms with Crippen LogP contribution in [0.15, 0.2) is 52.2 Å². The maximum Gasteiger partial charge on any atom is 0.417 e. The molecule has 1 aromatic heterocycles. The maximum absolute atomic E-state index is 13.4. The van der Waals surface area contributed by atoms with Gasteiger partial charge < -0.3 is 9.47 Å². The first-order valence-corrected chi connectivity index (χ1v) is 11.8. The highest BCUT2D eigenvalue weighted by Crippen LogP contribution is 2.36. The number of carbonyl (C=O) groups excluding carboxylic acids is 2. The summed E-state index contributed by atoms with van der Waals surface area (Å²) in [4.78, 5) is 52.3. The van der Waals surface area contributed by atoms with E-state index in [4.69, 9.17) is 32.7 Å². The van der Waals surface area contributed by atoms with Gasteiger partial charge in [-0.3, -0.25) is 18.8 Å². The molecule has 38 heavy (non-hydrogen) atoms. The monoisotopic (exact) mass is 571 g/mol. The van der Waals surface area contributed by atoms with E-state index in [1.165, 1.54) is 36.1 Å². The van der Waals surface area contributed by atoms with Crippen molar-refractivity contribution in [2.75, 3.05) is 24.7 Å². The van der Waals surface area contributed by atoms with Crippen LogP contribution in [0.3, 0.4) is 0 Å². The van der Waals surface area contributed by atoms with Gasteiger partial charge in [0.25, 0.3) is 5.56 Å². The Morgan fingerprint density at radius 2 is 1.87 bits per heavy atom. The molecule has 0 unspecified atom stereocenters. The molecule has 0 saturated carbocycles. The summed E-state index contributed by atoms with van der Waals surface area (Å²) in [7, 11) is 0. The van der Waals surface area contributed by atoms with E-state index in [1.807, 2.05) is 0 Å². The maximum atomic E-state index is 13.4. The lowest BCUT2D eigenvalue weighted by molar-refractivity contribution is -0.137. The van der Waals surface area contributed by atoms with Gasteiger partial charge >= 0.3 is 23.9 Å². The van der Waals surface area contributed by atoms with Crippen LogP contribution in [0.4, 0.5) is 23.7 Å². The Morgan fingerprint density at radius 1 is 1.13 bits per heavy atom. The number of rotatable bonds is 6. The number of ether oxygens (including phenoxy) is 2. The van der Waals surface area contributed by atoms with Crippen LogP contribution in [0.2, 0.25) is 10.0 Å². The Balaban J connectivity index is 1.87. The molecule has 0 spiro atoms. The van der Waals surface area contributed by atoms with Crippen molar-refractivity contribution < 1.29 is 32.2 Å². The van der Waals surface area contributed by atoms with Crippen LogP contribution >= 0.6 is 23.2 Å². The third kappa shape index (κ3) is 5.14. The zero-order chi connectivity index (χ0) is 27.8. The van der Waals surface area contributed by atoms with Crippen LogP contribution in [0.5, 0.6) is 0 Å². The topological polar surface area (TPSA) is 99.8 Å². The predicted octanol–water partition coefficient (Wildman–Crippen LogP) is 4.51. The van der Waals surface area contributed by atoms with Crippen LogP contribution in [-0.4, -0.2) is 41.0 Å². The SMILES string of the molecule is CCOC(=O)c1cn(-c2ccc(N3CCOC3=O)c(Cl)c2)c(=O)n(Cc2cccc(C(F)(F)F)c2Cl)c1=O. The van der Waals surface area contributed by atoms with Crippen molar-refractivity contribution in [1.29, 1.82) is 0 Å². The van der Waals surface area contributed by atoms with Crippen LogP contribution in [0.1, 0.15) is 28.4 Å². The van der Waals surface area contributed by atoms with Crippen molar-refractivity contribution in [2.24, 2.45) is 0 Å². The second-order valence-corrected chi connectivity index (χ2v) is 8.77. The van der Waals surface area contributed by atoms with Crippen molar-refractivity contribution in [1.82, 2.24) is 9.13 Å². The summed E-state index contributed by atoms with van der Waals surface area (Å²) in [5.41, 5.74) is -3.52. The zero-order valence-electron chi connectivity index (χ0n) is 19.6. The Kier molecular flexibility index (Phi) is 7.56. The van der Waals surface area contributed by atoms with Crippen molar-refractivity contribution in [3.05, 3.63) is 90.2 Å². The molecule has 0 aliphatic carbocycles. The summed E-state index contributed by atoms with van der Waals surface area (Å²) < 4.78 is 51.4. The molecule has 1 aliphatic rings. The Hall–Kier alpha value is -3.77. The highest BCUT2D eigenvalue weighted by atomic mass is 35.5. The van der Waals surface area contributed by atoms with Gasteiger partial charge in [-0.2, -0.15) is 13.2 Å². The number of nitrogens with zero attached hydrogens (tertiary/aromatic N) is 3. The number of cyclic esters (lactones) is 1. The Labute approximate surface area is 222 Å². The fourth-order valence-corrected chi connectivity index (χ4v) is 4.41. The van der Waals surface area contributed by atoms with E-state index in [1.54, 1.807) is 0 Å². The van der Waals surface area contributed by atoms with Gasteiger partial charge in [-0.25, -0.2) is 14.4 Å². The minimum absolute atomic E-state index is 0.0598. The molecule has 1 amide bonds. The van der Waals surface area contributed by atoms with E-state index in [-0.39, 0.29) is 36.0 Å². The van der Waals surface area contributed by atoms with E-state index in [0.29, 0.717) is 10.3 Å². The number of amides is 1. The molecule has 0 radical (unpaired) electrons. The predicted molar refractivity (Wildman–Crippen MR) is 132 cm³/mol. The van der Waals surface area contributed by atoms with Gasteiger partial charge in [0.2, 0.25) is 0 Å². The van der Waals surface area contributed by atoms with Gasteiger partial charge in [0.05, 0.1) is 46.7 Å². The summed E-state index contributed by atoms with van der Waals surface area (Å²) in [5, 5.41) is -0.631. The van der Waals surface area contributed by atoms with Crippen molar-refractivity contribution in [3.8, 4) is 5.69 Å². The molecule has 14 heteroatoms. The van der Waals surface area contributed by atoms with Crippen LogP contribution in [0, 0.1) is 0 Å². The first kappa shape index (κ1) is 27.3. The highest BCUT2D eigenvalue weighted by Gasteiger charge is 2.34. The average Bonchev–Trinajstić information content (AvgIpc) is 3.27. The average molecular weight is 572 g/mol. The first-order chi connectivity index (χ1) is 17.9. The number of anilines is 1. The Morgan fingerprint density at radius 3 is 2.47 bits per heavy atom. The first-order valence-electron chi connectivity index (χ1n) is 11.1. The lowest BCUT2D eigenvalue weighted by Crippen LogP contribution is -2.42. The number of alkyl halides is 3. The molecule has 200 valence electrons. The lowest BCUT2D eigenvalue weighted by atomic mass is 10.1. The zero-order valence-corrected chi connectivity index (χ0v) is 21.1. The summed E-state index contributed by atoms with van der Waals surface area (Å²) >= 11 is 12.3. The smallest absolute Gasteiger partial charge is 0.417 e. The molecule has 0 atom stereocenters. The number of benzene rings is 2. The molecular weight excluding hydrogens is 554 g/mol. The van der Waals surface area contributed by atoms with Crippen LogP contribution < -0.4 is 16.1 Å². The third-order valence-electron chi connectivity index (χ3n) is 5.64. The lowest BCUT2D eigenvalue weighted by Gasteiger charge is -2.17. The molecule has 2 aromatic carbocycles. The fourth-order valence-electron chi connectivity index (χ4n) is 3.84. The summed E-state index contributed by atoms with van der Waals surface area (Å²) in [6.07, 6.45) is -4.42. The van der Waals surface area contributed by atoms with E-state index < -0.39 is 52.2 Å². The molecule has 2 heterocycles. The van der Waals surface area contributed by atoms with E-state index >= 15 is 0 Å². The van der Waals surface area contributed by atoms with Gasteiger partial charge in [-0.1, -0.05) is 35.3 Å². The summed E-state index contributed by atoms with van der Waals surface area (Å²) in [6, 6.07) is 7.26.